The molecule has 0 radical (unpaired) electrons. The molecular weight excluding hydrogens is 178 g/mol. The third kappa shape index (κ3) is 1.79. The molecule has 12 heavy (non-hydrogen) atoms. The summed E-state index contributed by atoms with van der Waals surface area (Å²) in [7, 11) is 1.25. The molecule has 1 amide bonds. The SMILES string of the molecule is CN(O)C(=O)c1csc(CN)n1. The summed E-state index contributed by atoms with van der Waals surface area (Å²) in [6, 6.07) is 0. The Kier molecular flexibility index (Phi) is 2.74. The molecule has 5 nitrogen and oxygen atoms in total. The maximum Gasteiger partial charge on any atom is 0.296 e. The van der Waals surface area contributed by atoms with Crippen LogP contribution < -0.4 is 5.73 Å². The average molecular weight is 187 g/mol. The number of amides is 1. The normalized spacial score (nSPS) is 9.92. The number of hydrogen-bond acceptors (Lipinski definition) is 5. The number of aromatic nitrogens is 1. The van der Waals surface area contributed by atoms with Gasteiger partial charge < -0.3 is 5.73 Å². The van der Waals surface area contributed by atoms with E-state index in [-0.39, 0.29) is 5.69 Å². The van der Waals surface area contributed by atoms with E-state index in [1.807, 2.05) is 0 Å². The van der Waals surface area contributed by atoms with Crippen LogP contribution in [0, 0.1) is 0 Å². The summed E-state index contributed by atoms with van der Waals surface area (Å²) in [4.78, 5) is 14.9. The number of hydrogen-bond donors (Lipinski definition) is 2. The van der Waals surface area contributed by atoms with E-state index >= 15 is 0 Å². The first-order valence-electron chi connectivity index (χ1n) is 3.26. The molecule has 1 aromatic rings. The van der Waals surface area contributed by atoms with E-state index in [4.69, 9.17) is 10.9 Å². The zero-order valence-electron chi connectivity index (χ0n) is 6.52. The van der Waals surface area contributed by atoms with Crippen LogP contribution in [0.1, 0.15) is 15.5 Å². The Morgan fingerprint density at radius 2 is 2.58 bits per heavy atom. The summed E-state index contributed by atoms with van der Waals surface area (Å²) in [6.07, 6.45) is 0. The van der Waals surface area contributed by atoms with Crippen molar-refractivity contribution in [1.29, 1.82) is 0 Å². The van der Waals surface area contributed by atoms with Gasteiger partial charge in [0.15, 0.2) is 0 Å². The first-order valence-corrected chi connectivity index (χ1v) is 4.14. The van der Waals surface area contributed by atoms with Crippen molar-refractivity contribution >= 4 is 17.2 Å². The molecule has 1 aromatic heterocycles. The second-order valence-electron chi connectivity index (χ2n) is 2.16. The van der Waals surface area contributed by atoms with Gasteiger partial charge in [0.2, 0.25) is 0 Å². The molecule has 0 bridgehead atoms. The number of carbonyl (C=O) groups excluding carboxylic acids is 1. The third-order valence-corrected chi connectivity index (χ3v) is 2.11. The molecule has 0 fully saturated rings. The lowest BCUT2D eigenvalue weighted by atomic mass is 10.4. The Morgan fingerprint density at radius 1 is 1.92 bits per heavy atom. The van der Waals surface area contributed by atoms with Crippen LogP contribution in [0.25, 0.3) is 0 Å². The first kappa shape index (κ1) is 9.11. The Balaban J connectivity index is 2.82. The molecule has 0 saturated heterocycles. The first-order chi connectivity index (χ1) is 5.65. The van der Waals surface area contributed by atoms with Crippen molar-refractivity contribution in [1.82, 2.24) is 10.0 Å². The molecule has 0 spiro atoms. The Morgan fingerprint density at radius 3 is 3.00 bits per heavy atom. The van der Waals surface area contributed by atoms with Crippen LogP contribution >= 0.6 is 11.3 Å². The summed E-state index contributed by atoms with van der Waals surface area (Å²) in [5.41, 5.74) is 5.53. The van der Waals surface area contributed by atoms with Gasteiger partial charge in [-0.1, -0.05) is 0 Å². The Bertz CT molecular complexity index is 284. The molecule has 1 rings (SSSR count). The molecule has 0 aliphatic heterocycles. The lowest BCUT2D eigenvalue weighted by molar-refractivity contribution is -0.0379. The minimum absolute atomic E-state index is 0.227. The molecule has 0 unspecified atom stereocenters. The Labute approximate surface area is 73.4 Å². The molecule has 1 heterocycles. The van der Waals surface area contributed by atoms with Crippen LogP contribution in [-0.4, -0.2) is 28.2 Å². The van der Waals surface area contributed by atoms with Crippen molar-refractivity contribution in [2.75, 3.05) is 7.05 Å². The molecular formula is C6H9N3O2S. The molecule has 6 heteroatoms. The van der Waals surface area contributed by atoms with Gasteiger partial charge in [0.05, 0.1) is 0 Å². The fourth-order valence-electron chi connectivity index (χ4n) is 0.669. The topological polar surface area (TPSA) is 79.5 Å². The monoisotopic (exact) mass is 187 g/mol. The van der Waals surface area contributed by atoms with E-state index in [0.29, 0.717) is 16.6 Å². The van der Waals surface area contributed by atoms with Crippen molar-refractivity contribution in [2.24, 2.45) is 5.73 Å². The van der Waals surface area contributed by atoms with E-state index in [2.05, 4.69) is 4.98 Å². The Hall–Kier alpha value is -0.980. The molecule has 66 valence electrons. The zero-order valence-corrected chi connectivity index (χ0v) is 7.34. The van der Waals surface area contributed by atoms with Crippen LogP contribution in [0.4, 0.5) is 0 Å². The van der Waals surface area contributed by atoms with Gasteiger partial charge in [-0.25, -0.2) is 10.0 Å². The highest BCUT2D eigenvalue weighted by Gasteiger charge is 2.12. The lowest BCUT2D eigenvalue weighted by Crippen LogP contribution is -2.22. The molecule has 0 aliphatic carbocycles. The number of nitrogens with zero attached hydrogens (tertiary/aromatic N) is 2. The van der Waals surface area contributed by atoms with E-state index in [0.717, 1.165) is 0 Å². The largest absolute Gasteiger partial charge is 0.325 e. The van der Waals surface area contributed by atoms with E-state index in [9.17, 15) is 4.79 Å². The van der Waals surface area contributed by atoms with Gasteiger partial charge in [0, 0.05) is 19.0 Å². The highest BCUT2D eigenvalue weighted by atomic mass is 32.1. The van der Waals surface area contributed by atoms with Crippen LogP contribution in [0.3, 0.4) is 0 Å². The van der Waals surface area contributed by atoms with Crippen molar-refractivity contribution < 1.29 is 10.0 Å². The zero-order chi connectivity index (χ0) is 9.14. The van der Waals surface area contributed by atoms with Gasteiger partial charge in [0.25, 0.3) is 5.91 Å². The van der Waals surface area contributed by atoms with Crippen molar-refractivity contribution in [3.8, 4) is 0 Å². The summed E-state index contributed by atoms with van der Waals surface area (Å²) < 4.78 is 0. The maximum atomic E-state index is 11.1. The van der Waals surface area contributed by atoms with Gasteiger partial charge in [-0.3, -0.25) is 10.0 Å². The maximum absolute atomic E-state index is 11.1. The van der Waals surface area contributed by atoms with Crippen molar-refractivity contribution in [3.63, 3.8) is 0 Å². The predicted molar refractivity (Wildman–Crippen MR) is 43.9 cm³/mol. The number of thiazole rings is 1. The van der Waals surface area contributed by atoms with Crippen LogP contribution in [0.2, 0.25) is 0 Å². The van der Waals surface area contributed by atoms with E-state index < -0.39 is 5.91 Å². The van der Waals surface area contributed by atoms with E-state index in [1.165, 1.54) is 18.4 Å². The number of rotatable bonds is 2. The summed E-state index contributed by atoms with van der Waals surface area (Å²) in [5, 5.41) is 11.5. The van der Waals surface area contributed by atoms with Gasteiger partial charge in [-0.15, -0.1) is 11.3 Å². The fourth-order valence-corrected chi connectivity index (χ4v) is 1.32. The number of nitrogens with two attached hydrogens (primary N) is 1. The molecule has 0 aliphatic rings. The van der Waals surface area contributed by atoms with Gasteiger partial charge in [-0.05, 0) is 0 Å². The minimum Gasteiger partial charge on any atom is -0.325 e. The number of hydroxylamine groups is 2. The summed E-state index contributed by atoms with van der Waals surface area (Å²) in [5.74, 6) is -0.522. The predicted octanol–water partition coefficient (Wildman–Crippen LogP) is 0.0630. The van der Waals surface area contributed by atoms with Crippen LogP contribution in [0.5, 0.6) is 0 Å². The molecule has 3 N–H and O–H groups in total. The second-order valence-corrected chi connectivity index (χ2v) is 3.10. The summed E-state index contributed by atoms with van der Waals surface area (Å²) in [6.45, 7) is 0.313. The van der Waals surface area contributed by atoms with Crippen LogP contribution in [-0.2, 0) is 6.54 Å². The van der Waals surface area contributed by atoms with Crippen molar-refractivity contribution in [3.05, 3.63) is 16.1 Å². The summed E-state index contributed by atoms with van der Waals surface area (Å²) >= 11 is 1.30. The minimum atomic E-state index is -0.522. The van der Waals surface area contributed by atoms with Gasteiger partial charge in [0.1, 0.15) is 10.7 Å². The average Bonchev–Trinajstić information content (AvgIpc) is 2.50. The van der Waals surface area contributed by atoms with Crippen molar-refractivity contribution in [2.45, 2.75) is 6.54 Å². The fraction of sp³-hybridized carbons (Fsp3) is 0.333. The lowest BCUT2D eigenvalue weighted by Gasteiger charge is -2.04. The van der Waals surface area contributed by atoms with E-state index in [1.54, 1.807) is 5.38 Å². The third-order valence-electron chi connectivity index (χ3n) is 1.24. The highest BCUT2D eigenvalue weighted by Crippen LogP contribution is 2.09. The smallest absolute Gasteiger partial charge is 0.296 e. The highest BCUT2D eigenvalue weighted by molar-refractivity contribution is 7.09. The molecule has 0 aromatic carbocycles. The van der Waals surface area contributed by atoms with Gasteiger partial charge >= 0.3 is 0 Å². The number of carbonyl (C=O) groups is 1. The van der Waals surface area contributed by atoms with Crippen LogP contribution in [0.15, 0.2) is 5.38 Å². The molecule has 0 atom stereocenters. The van der Waals surface area contributed by atoms with Gasteiger partial charge in [-0.2, -0.15) is 0 Å². The second kappa shape index (κ2) is 3.61. The standard InChI is InChI=1S/C6H9N3O2S/c1-9(11)6(10)4-3-12-5(2-7)8-4/h3,11H,2,7H2,1H3. The quantitative estimate of drug-likeness (QED) is 0.507. The molecule has 0 saturated carbocycles.